The molecule has 17 heavy (non-hydrogen) atoms. The minimum absolute atomic E-state index is 0.644. The third-order valence-corrected chi connectivity index (χ3v) is 2.71. The van der Waals surface area contributed by atoms with Gasteiger partial charge >= 0.3 is 0 Å². The van der Waals surface area contributed by atoms with Crippen molar-refractivity contribution in [3.05, 3.63) is 53.7 Å². The molecule has 0 spiro atoms. The van der Waals surface area contributed by atoms with Crippen molar-refractivity contribution < 1.29 is 4.74 Å². The average molecular weight is 223 g/mol. The Bertz CT molecular complexity index is 593. The van der Waals surface area contributed by atoms with E-state index in [9.17, 15) is 0 Å². The lowest BCUT2D eigenvalue weighted by Crippen LogP contribution is -2.17. The zero-order valence-electron chi connectivity index (χ0n) is 9.00. The monoisotopic (exact) mass is 223 g/mol. The van der Waals surface area contributed by atoms with Crippen LogP contribution in [0, 0.1) is 11.3 Å². The van der Waals surface area contributed by atoms with Crippen LogP contribution in [-0.2, 0) is 6.54 Å². The van der Waals surface area contributed by atoms with Crippen molar-refractivity contribution >= 4 is 6.21 Å². The molecule has 82 valence electrons. The van der Waals surface area contributed by atoms with Gasteiger partial charge in [-0.15, -0.1) is 0 Å². The summed E-state index contributed by atoms with van der Waals surface area (Å²) < 4.78 is 5.58. The normalized spacial score (nSPS) is 16.2. The van der Waals surface area contributed by atoms with Gasteiger partial charge in [-0.25, -0.2) is 0 Å². The zero-order valence-corrected chi connectivity index (χ0v) is 9.00. The first-order valence-electron chi connectivity index (χ1n) is 5.23. The van der Waals surface area contributed by atoms with Crippen LogP contribution in [-0.4, -0.2) is 11.1 Å². The quantitative estimate of drug-likeness (QED) is 0.677. The molecule has 2 aliphatic rings. The molecule has 0 aliphatic carbocycles. The van der Waals surface area contributed by atoms with Crippen molar-refractivity contribution in [2.75, 3.05) is 0 Å². The second-order valence-electron chi connectivity index (χ2n) is 3.80. The zero-order chi connectivity index (χ0) is 11.7. The van der Waals surface area contributed by atoms with Gasteiger partial charge in [-0.3, -0.25) is 4.99 Å². The van der Waals surface area contributed by atoms with Crippen molar-refractivity contribution in [2.24, 2.45) is 4.99 Å². The van der Waals surface area contributed by atoms with Crippen LogP contribution in [0.5, 0.6) is 5.75 Å². The predicted molar refractivity (Wildman–Crippen MR) is 63.0 cm³/mol. The molecule has 0 saturated heterocycles. The number of nitriles is 1. The van der Waals surface area contributed by atoms with Gasteiger partial charge in [0.05, 0.1) is 30.1 Å². The summed E-state index contributed by atoms with van der Waals surface area (Å²) in [7, 11) is 0. The number of rotatable bonds is 0. The van der Waals surface area contributed by atoms with Crippen molar-refractivity contribution in [2.45, 2.75) is 6.54 Å². The molecule has 2 aliphatic heterocycles. The second kappa shape index (κ2) is 3.80. The van der Waals surface area contributed by atoms with Crippen LogP contribution >= 0.6 is 0 Å². The van der Waals surface area contributed by atoms with E-state index in [0.717, 1.165) is 17.0 Å². The largest absolute Gasteiger partial charge is 0.462 e. The number of hydrogen-bond acceptors (Lipinski definition) is 4. The molecular weight excluding hydrogens is 214 g/mol. The van der Waals surface area contributed by atoms with Gasteiger partial charge in [-0.1, -0.05) is 0 Å². The first-order chi connectivity index (χ1) is 8.36. The highest BCUT2D eigenvalue weighted by atomic mass is 16.5. The number of ether oxygens (including phenoxy) is 1. The van der Waals surface area contributed by atoms with Crippen LogP contribution < -0.4 is 4.74 Å². The number of benzene rings is 1. The maximum Gasteiger partial charge on any atom is 0.131 e. The molecule has 0 fully saturated rings. The van der Waals surface area contributed by atoms with Gasteiger partial charge in [0.2, 0.25) is 0 Å². The van der Waals surface area contributed by atoms with E-state index in [0.29, 0.717) is 12.1 Å². The molecule has 4 heteroatoms. The summed E-state index contributed by atoms with van der Waals surface area (Å²) in [6, 6.07) is 7.57. The lowest BCUT2D eigenvalue weighted by Gasteiger charge is -2.20. The smallest absolute Gasteiger partial charge is 0.131 e. The van der Waals surface area contributed by atoms with Crippen molar-refractivity contribution in [1.29, 1.82) is 5.26 Å². The van der Waals surface area contributed by atoms with Gasteiger partial charge < -0.3 is 9.64 Å². The van der Waals surface area contributed by atoms with E-state index in [-0.39, 0.29) is 0 Å². The minimum atomic E-state index is 0.644. The van der Waals surface area contributed by atoms with E-state index in [1.165, 1.54) is 0 Å². The Morgan fingerprint density at radius 3 is 3.24 bits per heavy atom. The number of nitrogens with zero attached hydrogens (tertiary/aromatic N) is 3. The van der Waals surface area contributed by atoms with Crippen molar-refractivity contribution in [3.63, 3.8) is 0 Å². The molecule has 0 bridgehead atoms. The molecule has 4 nitrogen and oxygen atoms in total. The summed E-state index contributed by atoms with van der Waals surface area (Å²) in [5.41, 5.74) is 2.54. The topological polar surface area (TPSA) is 48.6 Å². The molecule has 0 aromatic heterocycles. The standard InChI is InChI=1S/C13H9N3O/c14-6-10-1-2-13-11(5-10)8-16-4-3-15-7-12(16)9-17-13/h1-5,7,9H,8H2. The van der Waals surface area contributed by atoms with Gasteiger partial charge in [0.15, 0.2) is 0 Å². The van der Waals surface area contributed by atoms with Crippen LogP contribution in [0.4, 0.5) is 0 Å². The molecule has 1 aromatic carbocycles. The van der Waals surface area contributed by atoms with Crippen LogP contribution in [0.2, 0.25) is 0 Å². The number of aliphatic imine (C=N–C) groups is 1. The molecule has 2 heterocycles. The molecular formula is C13H9N3O. The maximum atomic E-state index is 8.89. The Kier molecular flexibility index (Phi) is 2.16. The number of fused-ring (bicyclic) bond motifs is 2. The minimum Gasteiger partial charge on any atom is -0.462 e. The Morgan fingerprint density at radius 1 is 1.41 bits per heavy atom. The molecule has 1 aromatic rings. The SMILES string of the molecule is N#Cc1ccc2c(c1)CN1C=CN=CC1=CO2. The first-order valence-corrected chi connectivity index (χ1v) is 5.23. The van der Waals surface area contributed by atoms with Crippen molar-refractivity contribution in [3.8, 4) is 11.8 Å². The van der Waals surface area contributed by atoms with E-state index in [4.69, 9.17) is 10.00 Å². The second-order valence-corrected chi connectivity index (χ2v) is 3.80. The first kappa shape index (κ1) is 9.67. The Morgan fingerprint density at radius 2 is 2.35 bits per heavy atom. The Balaban J connectivity index is 2.03. The summed E-state index contributed by atoms with van der Waals surface area (Å²) >= 11 is 0. The number of allylic oxidation sites excluding steroid dienone is 1. The van der Waals surface area contributed by atoms with Crippen molar-refractivity contribution in [1.82, 2.24) is 4.90 Å². The van der Waals surface area contributed by atoms with Gasteiger partial charge in [-0.2, -0.15) is 5.26 Å². The molecule has 0 amide bonds. The Labute approximate surface area is 98.8 Å². The average Bonchev–Trinajstić information content (AvgIpc) is 2.56. The molecule has 0 radical (unpaired) electrons. The molecule has 0 unspecified atom stereocenters. The van der Waals surface area contributed by atoms with E-state index in [2.05, 4.69) is 11.1 Å². The lowest BCUT2D eigenvalue weighted by atomic mass is 10.1. The van der Waals surface area contributed by atoms with Gasteiger partial charge in [0.25, 0.3) is 0 Å². The summed E-state index contributed by atoms with van der Waals surface area (Å²) in [5.74, 6) is 0.785. The molecule has 3 rings (SSSR count). The fourth-order valence-corrected chi connectivity index (χ4v) is 1.84. The van der Waals surface area contributed by atoms with E-state index >= 15 is 0 Å². The van der Waals surface area contributed by atoms with Gasteiger partial charge in [-0.05, 0) is 18.2 Å². The van der Waals surface area contributed by atoms with Gasteiger partial charge in [0.1, 0.15) is 12.0 Å². The highest BCUT2D eigenvalue weighted by Crippen LogP contribution is 2.27. The molecule has 0 saturated carbocycles. The Hall–Kier alpha value is -2.54. The van der Waals surface area contributed by atoms with E-state index in [1.807, 2.05) is 23.2 Å². The maximum absolute atomic E-state index is 8.89. The molecule has 0 atom stereocenters. The third-order valence-electron chi connectivity index (χ3n) is 2.71. The van der Waals surface area contributed by atoms with E-state index < -0.39 is 0 Å². The number of hydrogen-bond donors (Lipinski definition) is 0. The molecule has 0 N–H and O–H groups in total. The summed E-state index contributed by atoms with van der Waals surface area (Å²) in [4.78, 5) is 6.08. The lowest BCUT2D eigenvalue weighted by molar-refractivity contribution is 0.462. The summed E-state index contributed by atoms with van der Waals surface area (Å²) in [5, 5.41) is 8.89. The third kappa shape index (κ3) is 1.68. The van der Waals surface area contributed by atoms with E-state index in [1.54, 1.807) is 24.7 Å². The fraction of sp³-hybridized carbons (Fsp3) is 0.0769. The predicted octanol–water partition coefficient (Wildman–Crippen LogP) is 2.15. The summed E-state index contributed by atoms with van der Waals surface area (Å²) in [6.07, 6.45) is 7.04. The van der Waals surface area contributed by atoms with Crippen LogP contribution in [0.3, 0.4) is 0 Å². The fourth-order valence-electron chi connectivity index (χ4n) is 1.84. The van der Waals surface area contributed by atoms with Crippen LogP contribution in [0.1, 0.15) is 11.1 Å². The van der Waals surface area contributed by atoms with Crippen LogP contribution in [0.25, 0.3) is 0 Å². The summed E-state index contributed by atoms with van der Waals surface area (Å²) in [6.45, 7) is 0.680. The highest BCUT2D eigenvalue weighted by Gasteiger charge is 2.16. The van der Waals surface area contributed by atoms with Gasteiger partial charge in [0, 0.05) is 18.0 Å². The highest BCUT2D eigenvalue weighted by molar-refractivity contribution is 5.79. The van der Waals surface area contributed by atoms with Crippen LogP contribution in [0.15, 0.2) is 47.6 Å².